The van der Waals surface area contributed by atoms with Crippen molar-refractivity contribution >= 4 is 11.4 Å². The van der Waals surface area contributed by atoms with Crippen molar-refractivity contribution in [3.8, 4) is 0 Å². The Morgan fingerprint density at radius 2 is 1.84 bits per heavy atom. The van der Waals surface area contributed by atoms with Crippen molar-refractivity contribution < 1.29 is 0 Å². The van der Waals surface area contributed by atoms with E-state index in [-0.39, 0.29) is 0 Å². The number of benzene rings is 1. The Balaban J connectivity index is 2.03. The molecular formula is C17H28N2. The van der Waals surface area contributed by atoms with Crippen molar-refractivity contribution in [2.75, 3.05) is 24.3 Å². The molecule has 1 aromatic carbocycles. The Hall–Kier alpha value is -1.18. The van der Waals surface area contributed by atoms with Gasteiger partial charge in [-0.25, -0.2) is 0 Å². The van der Waals surface area contributed by atoms with Gasteiger partial charge in [-0.05, 0) is 61.8 Å². The van der Waals surface area contributed by atoms with E-state index in [4.69, 9.17) is 0 Å². The molecule has 0 saturated heterocycles. The van der Waals surface area contributed by atoms with E-state index in [0.29, 0.717) is 6.04 Å². The summed E-state index contributed by atoms with van der Waals surface area (Å²) in [6.45, 7) is 6.97. The van der Waals surface area contributed by atoms with Gasteiger partial charge in [-0.3, -0.25) is 0 Å². The molecule has 2 heteroatoms. The molecule has 0 spiro atoms. The first kappa shape index (κ1) is 14.2. The monoisotopic (exact) mass is 260 g/mol. The Bertz CT molecular complexity index is 425. The maximum absolute atomic E-state index is 3.75. The second-order valence-corrected chi connectivity index (χ2v) is 6.50. The van der Waals surface area contributed by atoms with Crippen LogP contribution in [0, 0.1) is 18.8 Å². The molecule has 3 atom stereocenters. The quantitative estimate of drug-likeness (QED) is 0.871. The van der Waals surface area contributed by atoms with Gasteiger partial charge in [0, 0.05) is 31.5 Å². The van der Waals surface area contributed by atoms with Gasteiger partial charge in [0.25, 0.3) is 0 Å². The lowest BCUT2D eigenvalue weighted by molar-refractivity contribution is 0.261. The van der Waals surface area contributed by atoms with E-state index >= 15 is 0 Å². The van der Waals surface area contributed by atoms with E-state index in [0.717, 1.165) is 11.8 Å². The first-order valence-electron chi connectivity index (χ1n) is 7.52. The topological polar surface area (TPSA) is 15.3 Å². The molecule has 1 N–H and O–H groups in total. The van der Waals surface area contributed by atoms with Crippen LogP contribution in [0.15, 0.2) is 18.2 Å². The fourth-order valence-corrected chi connectivity index (χ4v) is 2.99. The predicted octanol–water partition coefficient (Wildman–Crippen LogP) is 4.30. The van der Waals surface area contributed by atoms with Gasteiger partial charge < -0.3 is 10.2 Å². The molecule has 0 heterocycles. The highest BCUT2D eigenvalue weighted by Crippen LogP contribution is 2.32. The van der Waals surface area contributed by atoms with Crippen molar-refractivity contribution in [1.29, 1.82) is 0 Å². The summed E-state index contributed by atoms with van der Waals surface area (Å²) >= 11 is 0. The molecule has 2 rings (SSSR count). The standard InChI is InChI=1S/C17H28N2/c1-12-6-7-15(10-13(12)2)18-17-9-8-16(19(4)5)11-14(17)3/h8-9,11-13,15,18H,6-7,10H2,1-5H3. The van der Waals surface area contributed by atoms with Gasteiger partial charge in [0.2, 0.25) is 0 Å². The molecule has 3 unspecified atom stereocenters. The second kappa shape index (κ2) is 5.85. The highest BCUT2D eigenvalue weighted by molar-refractivity contribution is 5.60. The van der Waals surface area contributed by atoms with Crippen molar-refractivity contribution in [3.05, 3.63) is 23.8 Å². The molecule has 0 aromatic heterocycles. The van der Waals surface area contributed by atoms with Crippen molar-refractivity contribution in [2.24, 2.45) is 11.8 Å². The fourth-order valence-electron chi connectivity index (χ4n) is 2.99. The highest BCUT2D eigenvalue weighted by Gasteiger charge is 2.24. The molecular weight excluding hydrogens is 232 g/mol. The highest BCUT2D eigenvalue weighted by atomic mass is 15.1. The second-order valence-electron chi connectivity index (χ2n) is 6.50. The van der Waals surface area contributed by atoms with Crippen LogP contribution in [0.3, 0.4) is 0 Å². The third-order valence-electron chi connectivity index (χ3n) is 4.68. The van der Waals surface area contributed by atoms with E-state index < -0.39 is 0 Å². The Morgan fingerprint density at radius 1 is 1.11 bits per heavy atom. The summed E-state index contributed by atoms with van der Waals surface area (Å²) < 4.78 is 0. The average molecular weight is 260 g/mol. The van der Waals surface area contributed by atoms with E-state index in [2.05, 4.69) is 63.3 Å². The Morgan fingerprint density at radius 3 is 2.42 bits per heavy atom. The molecule has 0 radical (unpaired) electrons. The fraction of sp³-hybridized carbons (Fsp3) is 0.647. The molecule has 1 aliphatic rings. The van der Waals surface area contributed by atoms with Gasteiger partial charge >= 0.3 is 0 Å². The summed E-state index contributed by atoms with van der Waals surface area (Å²) in [5.74, 6) is 1.72. The number of aryl methyl sites for hydroxylation is 1. The van der Waals surface area contributed by atoms with Gasteiger partial charge in [-0.2, -0.15) is 0 Å². The van der Waals surface area contributed by atoms with E-state index in [1.54, 1.807) is 0 Å². The van der Waals surface area contributed by atoms with Crippen LogP contribution < -0.4 is 10.2 Å². The van der Waals surface area contributed by atoms with Crippen LogP contribution in [0.25, 0.3) is 0 Å². The minimum absolute atomic E-state index is 0.648. The molecule has 1 saturated carbocycles. The lowest BCUT2D eigenvalue weighted by Crippen LogP contribution is -2.30. The van der Waals surface area contributed by atoms with Crippen LogP contribution in [0.4, 0.5) is 11.4 Å². The lowest BCUT2D eigenvalue weighted by atomic mass is 9.79. The molecule has 19 heavy (non-hydrogen) atoms. The number of hydrogen-bond acceptors (Lipinski definition) is 2. The summed E-state index contributed by atoms with van der Waals surface area (Å²) in [6.07, 6.45) is 3.96. The van der Waals surface area contributed by atoms with Gasteiger partial charge in [0.1, 0.15) is 0 Å². The van der Waals surface area contributed by atoms with Crippen LogP contribution >= 0.6 is 0 Å². The molecule has 1 aromatic rings. The van der Waals surface area contributed by atoms with Crippen molar-refractivity contribution in [2.45, 2.75) is 46.1 Å². The summed E-state index contributed by atoms with van der Waals surface area (Å²) in [7, 11) is 4.18. The zero-order valence-electron chi connectivity index (χ0n) is 13.0. The Labute approximate surface area is 118 Å². The van der Waals surface area contributed by atoms with Crippen LogP contribution in [0.2, 0.25) is 0 Å². The number of hydrogen-bond donors (Lipinski definition) is 1. The van der Waals surface area contributed by atoms with E-state index in [1.807, 2.05) is 0 Å². The zero-order chi connectivity index (χ0) is 14.0. The summed E-state index contributed by atoms with van der Waals surface area (Å²) in [5, 5.41) is 3.75. The number of rotatable bonds is 3. The van der Waals surface area contributed by atoms with Gasteiger partial charge in [-0.1, -0.05) is 13.8 Å². The average Bonchev–Trinajstić information content (AvgIpc) is 2.36. The van der Waals surface area contributed by atoms with Gasteiger partial charge in [-0.15, -0.1) is 0 Å². The normalized spacial score (nSPS) is 27.1. The van der Waals surface area contributed by atoms with E-state index in [1.165, 1.54) is 36.2 Å². The lowest BCUT2D eigenvalue weighted by Gasteiger charge is -2.33. The third-order valence-corrected chi connectivity index (χ3v) is 4.68. The zero-order valence-corrected chi connectivity index (χ0v) is 13.0. The SMILES string of the molecule is Cc1cc(N(C)C)ccc1NC1CCC(C)C(C)C1. The van der Waals surface area contributed by atoms with Crippen LogP contribution in [0.5, 0.6) is 0 Å². The molecule has 0 amide bonds. The van der Waals surface area contributed by atoms with Crippen molar-refractivity contribution in [1.82, 2.24) is 0 Å². The number of nitrogens with zero attached hydrogens (tertiary/aromatic N) is 1. The maximum atomic E-state index is 3.75. The van der Waals surface area contributed by atoms with Crippen LogP contribution in [-0.2, 0) is 0 Å². The summed E-state index contributed by atoms with van der Waals surface area (Å²) in [4.78, 5) is 2.15. The van der Waals surface area contributed by atoms with Crippen molar-refractivity contribution in [3.63, 3.8) is 0 Å². The van der Waals surface area contributed by atoms with Crippen LogP contribution in [-0.4, -0.2) is 20.1 Å². The predicted molar refractivity (Wildman–Crippen MR) is 85.1 cm³/mol. The number of nitrogens with one attached hydrogen (secondary N) is 1. The smallest absolute Gasteiger partial charge is 0.0373 e. The van der Waals surface area contributed by atoms with Crippen LogP contribution in [0.1, 0.15) is 38.7 Å². The first-order chi connectivity index (χ1) is 8.97. The summed E-state index contributed by atoms with van der Waals surface area (Å²) in [5.41, 5.74) is 3.92. The molecule has 2 nitrogen and oxygen atoms in total. The molecule has 0 aliphatic heterocycles. The summed E-state index contributed by atoms with van der Waals surface area (Å²) in [6, 6.07) is 7.34. The molecule has 1 fully saturated rings. The first-order valence-corrected chi connectivity index (χ1v) is 7.52. The molecule has 106 valence electrons. The maximum Gasteiger partial charge on any atom is 0.0373 e. The number of anilines is 2. The Kier molecular flexibility index (Phi) is 4.38. The van der Waals surface area contributed by atoms with Gasteiger partial charge in [0.15, 0.2) is 0 Å². The minimum Gasteiger partial charge on any atom is -0.382 e. The van der Waals surface area contributed by atoms with E-state index in [9.17, 15) is 0 Å². The molecule has 0 bridgehead atoms. The third kappa shape index (κ3) is 3.43. The van der Waals surface area contributed by atoms with Gasteiger partial charge in [0.05, 0.1) is 0 Å². The molecule has 1 aliphatic carbocycles. The largest absolute Gasteiger partial charge is 0.382 e. The minimum atomic E-state index is 0.648.